The zero-order valence-corrected chi connectivity index (χ0v) is 10.4. The monoisotopic (exact) mass is 277 g/mol. The highest BCUT2D eigenvalue weighted by atomic mass is 16.7. The predicted octanol–water partition coefficient (Wildman–Crippen LogP) is 0.631. The quantitative estimate of drug-likeness (QED) is 0.797. The van der Waals surface area contributed by atoms with Gasteiger partial charge in [-0.3, -0.25) is 14.5 Å². The highest BCUT2D eigenvalue weighted by Crippen LogP contribution is 2.33. The molecule has 1 fully saturated rings. The molecule has 0 saturated carbocycles. The van der Waals surface area contributed by atoms with Gasteiger partial charge in [0.05, 0.1) is 0 Å². The topological polar surface area (TPSA) is 93.1 Å². The van der Waals surface area contributed by atoms with Gasteiger partial charge in [0, 0.05) is 12.0 Å². The number of carboxylic acid groups (broad SMARTS) is 1. The lowest BCUT2D eigenvalue weighted by Gasteiger charge is -2.19. The van der Waals surface area contributed by atoms with Gasteiger partial charge in [0.2, 0.25) is 12.7 Å². The summed E-state index contributed by atoms with van der Waals surface area (Å²) in [5.74, 6) is -1.35. The van der Waals surface area contributed by atoms with Crippen molar-refractivity contribution in [2.45, 2.75) is 18.9 Å². The third-order valence-corrected chi connectivity index (χ3v) is 3.34. The number of likely N-dealkylation sites (tertiary alicyclic amines) is 1. The number of carboxylic acids is 1. The second kappa shape index (κ2) is 4.52. The van der Waals surface area contributed by atoms with Crippen molar-refractivity contribution in [1.82, 2.24) is 4.90 Å². The number of hydrogen-bond acceptors (Lipinski definition) is 5. The number of ether oxygens (including phenoxy) is 2. The van der Waals surface area contributed by atoms with Crippen molar-refractivity contribution in [2.75, 3.05) is 6.79 Å². The first-order valence-electron chi connectivity index (χ1n) is 6.07. The van der Waals surface area contributed by atoms with Crippen molar-refractivity contribution in [2.24, 2.45) is 0 Å². The molecule has 3 rings (SSSR count). The molecular formula is C13H11NO6. The number of carbonyl (C=O) groups is 3. The average molecular weight is 277 g/mol. The minimum absolute atomic E-state index is 0.0628. The summed E-state index contributed by atoms with van der Waals surface area (Å²) < 4.78 is 10.3. The number of aliphatic carboxylic acids is 1. The normalized spacial score (nSPS) is 20.3. The molecule has 0 aromatic heterocycles. The van der Waals surface area contributed by atoms with Gasteiger partial charge >= 0.3 is 5.97 Å². The molecule has 1 aromatic carbocycles. The first kappa shape index (κ1) is 12.5. The van der Waals surface area contributed by atoms with Crippen LogP contribution in [-0.2, 0) is 9.59 Å². The van der Waals surface area contributed by atoms with Crippen LogP contribution < -0.4 is 9.47 Å². The maximum absolute atomic E-state index is 12.3. The van der Waals surface area contributed by atoms with E-state index in [2.05, 4.69) is 0 Å². The molecule has 0 radical (unpaired) electrons. The van der Waals surface area contributed by atoms with E-state index in [4.69, 9.17) is 14.6 Å². The van der Waals surface area contributed by atoms with E-state index in [1.165, 1.54) is 12.1 Å². The van der Waals surface area contributed by atoms with E-state index < -0.39 is 23.8 Å². The molecular weight excluding hydrogens is 266 g/mol. The van der Waals surface area contributed by atoms with Gasteiger partial charge in [-0.05, 0) is 24.6 Å². The molecule has 7 heteroatoms. The molecule has 1 aromatic rings. The van der Waals surface area contributed by atoms with Gasteiger partial charge in [-0.25, -0.2) is 4.79 Å². The molecule has 0 bridgehead atoms. The molecule has 20 heavy (non-hydrogen) atoms. The van der Waals surface area contributed by atoms with Crippen LogP contribution in [0.4, 0.5) is 0 Å². The van der Waals surface area contributed by atoms with Crippen LogP contribution in [0.25, 0.3) is 0 Å². The van der Waals surface area contributed by atoms with E-state index in [1.54, 1.807) is 6.07 Å². The Morgan fingerprint density at radius 2 is 2.00 bits per heavy atom. The van der Waals surface area contributed by atoms with E-state index in [-0.39, 0.29) is 25.2 Å². The molecule has 2 heterocycles. The number of rotatable bonds is 2. The minimum atomic E-state index is -1.18. The third-order valence-electron chi connectivity index (χ3n) is 3.34. The van der Waals surface area contributed by atoms with Crippen molar-refractivity contribution in [1.29, 1.82) is 0 Å². The van der Waals surface area contributed by atoms with Crippen LogP contribution in [0.15, 0.2) is 18.2 Å². The van der Waals surface area contributed by atoms with Gasteiger partial charge in [0.25, 0.3) is 5.91 Å². The summed E-state index contributed by atoms with van der Waals surface area (Å²) in [5.41, 5.74) is 0.204. The smallest absolute Gasteiger partial charge is 0.326 e. The summed E-state index contributed by atoms with van der Waals surface area (Å²) >= 11 is 0. The number of nitrogens with zero attached hydrogens (tertiary/aromatic N) is 1. The van der Waals surface area contributed by atoms with Crippen molar-refractivity contribution in [3.05, 3.63) is 23.8 Å². The van der Waals surface area contributed by atoms with Crippen molar-refractivity contribution >= 4 is 17.8 Å². The SMILES string of the molecule is O=C(O)C1CCC(=O)N1C(=O)c1ccc2c(c1)OCO2. The van der Waals surface area contributed by atoms with Crippen molar-refractivity contribution < 1.29 is 29.0 Å². The molecule has 2 amide bonds. The van der Waals surface area contributed by atoms with E-state index in [1.807, 2.05) is 0 Å². The summed E-state index contributed by atoms with van der Waals surface area (Å²) in [7, 11) is 0. The number of benzene rings is 1. The Labute approximate surface area is 113 Å². The van der Waals surface area contributed by atoms with Gasteiger partial charge in [-0.2, -0.15) is 0 Å². The van der Waals surface area contributed by atoms with Crippen molar-refractivity contribution in [3.8, 4) is 11.5 Å². The van der Waals surface area contributed by atoms with Crippen LogP contribution in [-0.4, -0.2) is 40.6 Å². The van der Waals surface area contributed by atoms with Gasteiger partial charge < -0.3 is 14.6 Å². The number of carbonyl (C=O) groups excluding carboxylic acids is 2. The van der Waals surface area contributed by atoms with E-state index >= 15 is 0 Å². The fourth-order valence-corrected chi connectivity index (χ4v) is 2.34. The predicted molar refractivity (Wildman–Crippen MR) is 64.4 cm³/mol. The minimum Gasteiger partial charge on any atom is -0.480 e. The maximum Gasteiger partial charge on any atom is 0.326 e. The van der Waals surface area contributed by atoms with E-state index in [9.17, 15) is 14.4 Å². The molecule has 2 aliphatic rings. The standard InChI is InChI=1S/C13H11NO6/c15-11-4-2-8(13(17)18)14(11)12(16)7-1-3-9-10(5-7)20-6-19-9/h1,3,5,8H,2,4,6H2,(H,17,18). The molecule has 1 N–H and O–H groups in total. The summed E-state index contributed by atoms with van der Waals surface area (Å²) in [5, 5.41) is 9.06. The molecule has 2 aliphatic heterocycles. The lowest BCUT2D eigenvalue weighted by molar-refractivity contribution is -0.144. The molecule has 0 spiro atoms. The van der Waals surface area contributed by atoms with Gasteiger partial charge in [0.1, 0.15) is 6.04 Å². The molecule has 1 saturated heterocycles. The zero-order chi connectivity index (χ0) is 14.3. The highest BCUT2D eigenvalue weighted by molar-refractivity contribution is 6.08. The van der Waals surface area contributed by atoms with Crippen LogP contribution in [0.1, 0.15) is 23.2 Å². The largest absolute Gasteiger partial charge is 0.480 e. The first-order chi connectivity index (χ1) is 9.58. The summed E-state index contributed by atoms with van der Waals surface area (Å²) in [4.78, 5) is 35.9. The van der Waals surface area contributed by atoms with Crippen molar-refractivity contribution in [3.63, 3.8) is 0 Å². The number of fused-ring (bicyclic) bond motifs is 1. The Hall–Kier alpha value is -2.57. The molecule has 1 unspecified atom stereocenters. The number of hydrogen-bond donors (Lipinski definition) is 1. The summed E-state index contributed by atoms with van der Waals surface area (Å²) in [6.45, 7) is 0.0768. The summed E-state index contributed by atoms with van der Waals surface area (Å²) in [6, 6.07) is 3.40. The zero-order valence-electron chi connectivity index (χ0n) is 10.4. The molecule has 0 aliphatic carbocycles. The van der Waals surface area contributed by atoms with Crippen LogP contribution in [0.3, 0.4) is 0 Å². The van der Waals surface area contributed by atoms with Crippen LogP contribution in [0, 0.1) is 0 Å². The van der Waals surface area contributed by atoms with Crippen LogP contribution in [0.2, 0.25) is 0 Å². The second-order valence-electron chi connectivity index (χ2n) is 4.53. The highest BCUT2D eigenvalue weighted by Gasteiger charge is 2.40. The number of amides is 2. The average Bonchev–Trinajstić information content (AvgIpc) is 3.03. The summed E-state index contributed by atoms with van der Waals surface area (Å²) in [6.07, 6.45) is 0.206. The lowest BCUT2D eigenvalue weighted by Crippen LogP contribution is -2.42. The second-order valence-corrected chi connectivity index (χ2v) is 4.53. The van der Waals surface area contributed by atoms with Gasteiger partial charge in [-0.15, -0.1) is 0 Å². The fourth-order valence-electron chi connectivity index (χ4n) is 2.34. The Morgan fingerprint density at radius 1 is 1.25 bits per heavy atom. The Balaban J connectivity index is 1.91. The first-order valence-corrected chi connectivity index (χ1v) is 6.07. The molecule has 1 atom stereocenters. The third kappa shape index (κ3) is 1.87. The van der Waals surface area contributed by atoms with Crippen LogP contribution >= 0.6 is 0 Å². The molecule has 104 valence electrons. The Morgan fingerprint density at radius 3 is 2.75 bits per heavy atom. The Kier molecular flexibility index (Phi) is 2.81. The fraction of sp³-hybridized carbons (Fsp3) is 0.308. The van der Waals surface area contributed by atoms with Gasteiger partial charge in [-0.1, -0.05) is 0 Å². The van der Waals surface area contributed by atoms with Gasteiger partial charge in [0.15, 0.2) is 11.5 Å². The molecule has 7 nitrogen and oxygen atoms in total. The van der Waals surface area contributed by atoms with E-state index in [0.717, 1.165) is 4.90 Å². The Bertz CT molecular complexity index is 611. The van der Waals surface area contributed by atoms with Crippen LogP contribution in [0.5, 0.6) is 11.5 Å². The number of imide groups is 1. The lowest BCUT2D eigenvalue weighted by atomic mass is 10.1. The maximum atomic E-state index is 12.3. The van der Waals surface area contributed by atoms with E-state index in [0.29, 0.717) is 11.5 Å².